The molecule has 0 saturated heterocycles. The summed E-state index contributed by atoms with van der Waals surface area (Å²) in [5, 5.41) is 0. The number of hydrogen-bond donors (Lipinski definition) is 0. The Morgan fingerprint density at radius 1 is 0.259 bits per heavy atom. The minimum Gasteiger partial charge on any atom is -0.462 e. The van der Waals surface area contributed by atoms with Crippen LogP contribution in [0.15, 0.2) is 170 Å². The van der Waals surface area contributed by atoms with Crippen molar-refractivity contribution >= 4 is 17.9 Å². The summed E-state index contributed by atoms with van der Waals surface area (Å²) in [4.78, 5) is 38.4. The lowest BCUT2D eigenvalue weighted by atomic mass is 10.1. The third kappa shape index (κ3) is 65.5. The Bertz CT molecular complexity index is 1860. The smallest absolute Gasteiger partial charge is 0.306 e. The molecular weight excluding hydrogens is 997 g/mol. The zero-order chi connectivity index (χ0) is 58.5. The van der Waals surface area contributed by atoms with Crippen LogP contribution in [0, 0.1) is 0 Å². The first-order valence-corrected chi connectivity index (χ1v) is 32.6. The van der Waals surface area contributed by atoms with Gasteiger partial charge in [-0.25, -0.2) is 0 Å². The standard InChI is InChI=1S/C75H118O6/c1-4-7-10-13-16-19-22-25-28-31-34-36-37-39-41-44-47-50-53-56-59-62-65-68-74(77)80-71-72(70-79-73(76)67-64-61-58-55-52-49-46-43-40-33-30-27-24-21-18-15-12-9-6-3)81-75(78)69-66-63-60-57-54-51-48-45-42-38-35-32-29-26-23-20-17-14-11-8-5-2/h7-8,10-11,16-17,19-20,25-30,34-36,38-39,41,45,47-48,50,54,56-57,59,72H,4-6,9,12-15,18,21-24,31-33,37,40,42-44,46,49,51-53,55,58,60-71H2,1-3H3/b10-7-,11-8-,19-16-,20-17-,28-25-,29-26-,30-27-,36-34-,38-35-,41-39-,48-45-,50-47-,57-54-,59-56-. The molecule has 0 aromatic carbocycles. The molecule has 0 amide bonds. The van der Waals surface area contributed by atoms with Gasteiger partial charge in [-0.3, -0.25) is 14.4 Å². The predicted molar refractivity (Wildman–Crippen MR) is 352 cm³/mol. The Balaban J connectivity index is 4.60. The minimum atomic E-state index is -0.837. The van der Waals surface area contributed by atoms with Crippen molar-refractivity contribution in [3.05, 3.63) is 170 Å². The van der Waals surface area contributed by atoms with Gasteiger partial charge in [0.2, 0.25) is 0 Å². The van der Waals surface area contributed by atoms with Gasteiger partial charge in [-0.05, 0) is 148 Å². The number of unbranched alkanes of at least 4 members (excludes halogenated alkanes) is 18. The van der Waals surface area contributed by atoms with Gasteiger partial charge in [0, 0.05) is 19.3 Å². The highest BCUT2D eigenvalue weighted by Crippen LogP contribution is 2.14. The van der Waals surface area contributed by atoms with Crippen LogP contribution in [0.25, 0.3) is 0 Å². The molecule has 81 heavy (non-hydrogen) atoms. The van der Waals surface area contributed by atoms with Crippen molar-refractivity contribution in [2.45, 2.75) is 271 Å². The van der Waals surface area contributed by atoms with Crippen molar-refractivity contribution in [3.8, 4) is 0 Å². The lowest BCUT2D eigenvalue weighted by Gasteiger charge is -2.18. The fourth-order valence-electron chi connectivity index (χ4n) is 8.37. The number of rotatable bonds is 57. The third-order valence-electron chi connectivity index (χ3n) is 13.2. The molecule has 0 aliphatic heterocycles. The summed E-state index contributed by atoms with van der Waals surface area (Å²) in [6.07, 6.45) is 99.3. The van der Waals surface area contributed by atoms with E-state index in [1.165, 1.54) is 89.9 Å². The van der Waals surface area contributed by atoms with Crippen LogP contribution in [-0.2, 0) is 28.6 Å². The van der Waals surface area contributed by atoms with E-state index in [1.807, 2.05) is 0 Å². The molecule has 0 bridgehead atoms. The number of ether oxygens (including phenoxy) is 3. The molecule has 0 aliphatic rings. The second kappa shape index (κ2) is 67.3. The van der Waals surface area contributed by atoms with Crippen LogP contribution in [0.3, 0.4) is 0 Å². The first-order chi connectivity index (χ1) is 40.0. The molecule has 0 spiro atoms. The number of carbonyl (C=O) groups excluding carboxylic acids is 3. The highest BCUT2D eigenvalue weighted by atomic mass is 16.6. The van der Waals surface area contributed by atoms with Crippen LogP contribution in [0.2, 0.25) is 0 Å². The number of allylic oxidation sites excluding steroid dienone is 28. The van der Waals surface area contributed by atoms with Crippen LogP contribution in [0.5, 0.6) is 0 Å². The Kier molecular flexibility index (Phi) is 62.9. The number of carbonyl (C=O) groups is 3. The van der Waals surface area contributed by atoms with Gasteiger partial charge >= 0.3 is 17.9 Å². The Labute approximate surface area is 498 Å². The Morgan fingerprint density at radius 3 is 0.840 bits per heavy atom. The lowest BCUT2D eigenvalue weighted by Crippen LogP contribution is -2.30. The normalized spacial score (nSPS) is 13.3. The van der Waals surface area contributed by atoms with E-state index in [1.54, 1.807) is 0 Å². The van der Waals surface area contributed by atoms with E-state index >= 15 is 0 Å². The van der Waals surface area contributed by atoms with Gasteiger partial charge in [-0.2, -0.15) is 0 Å². The van der Waals surface area contributed by atoms with E-state index in [9.17, 15) is 14.4 Å². The molecular formula is C75H118O6. The second-order valence-electron chi connectivity index (χ2n) is 20.9. The fourth-order valence-corrected chi connectivity index (χ4v) is 8.37. The van der Waals surface area contributed by atoms with Gasteiger partial charge in [-0.1, -0.05) is 268 Å². The Morgan fingerprint density at radius 2 is 0.494 bits per heavy atom. The maximum Gasteiger partial charge on any atom is 0.306 e. The molecule has 0 fully saturated rings. The van der Waals surface area contributed by atoms with Gasteiger partial charge in [-0.15, -0.1) is 0 Å². The van der Waals surface area contributed by atoms with Crippen molar-refractivity contribution in [2.75, 3.05) is 13.2 Å². The molecule has 0 aromatic rings. The molecule has 0 N–H and O–H groups in total. The van der Waals surface area contributed by atoms with Crippen LogP contribution in [0.1, 0.15) is 265 Å². The highest BCUT2D eigenvalue weighted by molar-refractivity contribution is 5.71. The molecule has 454 valence electrons. The predicted octanol–water partition coefficient (Wildman–Crippen LogP) is 22.7. The van der Waals surface area contributed by atoms with Gasteiger partial charge in [0.1, 0.15) is 13.2 Å². The number of esters is 3. The van der Waals surface area contributed by atoms with Crippen LogP contribution in [0.4, 0.5) is 0 Å². The van der Waals surface area contributed by atoms with Gasteiger partial charge < -0.3 is 14.2 Å². The van der Waals surface area contributed by atoms with E-state index < -0.39 is 6.10 Å². The SMILES string of the molecule is CC/C=C\C/C=C\C/C=C\C/C=C\C/C=C\C/C=C\C/C=C\CCCC(=O)OCC(COC(=O)CCCCCCCCCCC/C=C\CCCCCCCC)OC(=O)CCCC/C=C\C/C=C\C/C=C\C/C=C\C/C=C\C/C=C\CC. The first-order valence-electron chi connectivity index (χ1n) is 32.6. The average molecular weight is 1120 g/mol. The molecule has 1 unspecified atom stereocenters. The third-order valence-corrected chi connectivity index (χ3v) is 13.2. The van der Waals surface area contributed by atoms with E-state index in [4.69, 9.17) is 14.2 Å². The zero-order valence-electron chi connectivity index (χ0n) is 52.0. The maximum atomic E-state index is 12.9. The summed E-state index contributed by atoms with van der Waals surface area (Å²) in [5.74, 6) is -1.03. The fraction of sp³-hybridized carbons (Fsp3) is 0.587. The summed E-state index contributed by atoms with van der Waals surface area (Å²) in [5.41, 5.74) is 0. The van der Waals surface area contributed by atoms with Crippen LogP contribution in [-0.4, -0.2) is 37.2 Å². The van der Waals surface area contributed by atoms with Crippen molar-refractivity contribution < 1.29 is 28.6 Å². The molecule has 6 heteroatoms. The number of hydrogen-bond acceptors (Lipinski definition) is 6. The maximum absolute atomic E-state index is 12.9. The molecule has 0 radical (unpaired) electrons. The summed E-state index contributed by atoms with van der Waals surface area (Å²) in [6.45, 7) is 6.32. The molecule has 0 aliphatic carbocycles. The molecule has 1 atom stereocenters. The van der Waals surface area contributed by atoms with E-state index in [0.717, 1.165) is 122 Å². The van der Waals surface area contributed by atoms with Gasteiger partial charge in [0.05, 0.1) is 0 Å². The van der Waals surface area contributed by atoms with Crippen molar-refractivity contribution in [2.24, 2.45) is 0 Å². The molecule has 0 rings (SSSR count). The monoisotopic (exact) mass is 1110 g/mol. The van der Waals surface area contributed by atoms with Gasteiger partial charge in [0.25, 0.3) is 0 Å². The summed E-state index contributed by atoms with van der Waals surface area (Å²) < 4.78 is 16.9. The van der Waals surface area contributed by atoms with E-state index in [-0.39, 0.29) is 44.0 Å². The molecule has 0 heterocycles. The lowest BCUT2D eigenvalue weighted by molar-refractivity contribution is -0.167. The molecule has 6 nitrogen and oxygen atoms in total. The Hall–Kier alpha value is -5.23. The molecule has 0 saturated carbocycles. The summed E-state index contributed by atoms with van der Waals surface area (Å²) in [7, 11) is 0. The minimum absolute atomic E-state index is 0.122. The van der Waals surface area contributed by atoms with E-state index in [2.05, 4.69) is 191 Å². The quantitative estimate of drug-likeness (QED) is 0.0261. The van der Waals surface area contributed by atoms with Crippen LogP contribution >= 0.6 is 0 Å². The van der Waals surface area contributed by atoms with Crippen molar-refractivity contribution in [1.29, 1.82) is 0 Å². The van der Waals surface area contributed by atoms with Crippen molar-refractivity contribution in [3.63, 3.8) is 0 Å². The van der Waals surface area contributed by atoms with Crippen molar-refractivity contribution in [1.82, 2.24) is 0 Å². The highest BCUT2D eigenvalue weighted by Gasteiger charge is 2.19. The average Bonchev–Trinajstić information content (AvgIpc) is 3.47. The largest absolute Gasteiger partial charge is 0.462 e. The van der Waals surface area contributed by atoms with Gasteiger partial charge in [0.15, 0.2) is 6.10 Å². The van der Waals surface area contributed by atoms with E-state index in [0.29, 0.717) is 19.3 Å². The van der Waals surface area contributed by atoms with Crippen LogP contribution < -0.4 is 0 Å². The second-order valence-corrected chi connectivity index (χ2v) is 20.9. The first kappa shape index (κ1) is 75.8. The summed E-state index contributed by atoms with van der Waals surface area (Å²) >= 11 is 0. The molecule has 0 aromatic heterocycles. The zero-order valence-corrected chi connectivity index (χ0v) is 52.0. The summed E-state index contributed by atoms with van der Waals surface area (Å²) in [6, 6.07) is 0. The topological polar surface area (TPSA) is 78.9 Å².